The second-order valence-corrected chi connectivity index (χ2v) is 5.80. The number of piperazine rings is 1. The van der Waals surface area contributed by atoms with Crippen LogP contribution in [0.3, 0.4) is 0 Å². The molecule has 4 heteroatoms. The Morgan fingerprint density at radius 3 is 2.62 bits per heavy atom. The average molecular weight is 291 g/mol. The molecule has 0 amide bonds. The molecule has 0 spiro atoms. The third-order valence-electron chi connectivity index (χ3n) is 4.43. The summed E-state index contributed by atoms with van der Waals surface area (Å²) in [7, 11) is 1.72. The lowest BCUT2D eigenvalue weighted by atomic mass is 10.1. The predicted octanol–water partition coefficient (Wildman–Crippen LogP) is 1.94. The highest BCUT2D eigenvalue weighted by atomic mass is 16.5. The van der Waals surface area contributed by atoms with E-state index in [1.165, 1.54) is 12.0 Å². The predicted molar refractivity (Wildman–Crippen MR) is 87.6 cm³/mol. The molecule has 1 aromatic rings. The molecule has 4 nitrogen and oxygen atoms in total. The number of nitrogens with two attached hydrogens (primary N) is 1. The van der Waals surface area contributed by atoms with Gasteiger partial charge in [0.1, 0.15) is 5.75 Å². The Morgan fingerprint density at radius 2 is 2.00 bits per heavy atom. The first kappa shape index (κ1) is 16.3. The van der Waals surface area contributed by atoms with Crippen molar-refractivity contribution in [2.45, 2.75) is 32.4 Å². The molecule has 0 saturated carbocycles. The maximum Gasteiger partial charge on any atom is 0.119 e. The first-order valence-corrected chi connectivity index (χ1v) is 8.06. The van der Waals surface area contributed by atoms with Crippen molar-refractivity contribution in [2.75, 3.05) is 39.8 Å². The monoisotopic (exact) mass is 291 g/mol. The lowest BCUT2D eigenvalue weighted by molar-refractivity contribution is 0.0871. The normalized spacial score (nSPS) is 18.6. The molecule has 1 atom stereocenters. The van der Waals surface area contributed by atoms with Crippen LogP contribution in [0.15, 0.2) is 24.3 Å². The number of rotatable bonds is 7. The van der Waals surface area contributed by atoms with Gasteiger partial charge in [-0.3, -0.25) is 9.80 Å². The van der Waals surface area contributed by atoms with Crippen LogP contribution in [-0.2, 0) is 6.54 Å². The summed E-state index contributed by atoms with van der Waals surface area (Å²) in [5.74, 6) is 0.945. The Hall–Kier alpha value is -1.10. The minimum absolute atomic E-state index is 0.661. The van der Waals surface area contributed by atoms with Crippen LogP contribution in [0, 0.1) is 0 Å². The minimum atomic E-state index is 0.661. The fourth-order valence-electron chi connectivity index (χ4n) is 3.15. The highest BCUT2D eigenvalue weighted by Gasteiger charge is 2.22. The van der Waals surface area contributed by atoms with Crippen LogP contribution >= 0.6 is 0 Å². The second kappa shape index (κ2) is 8.37. The first-order chi connectivity index (χ1) is 10.3. The lowest BCUT2D eigenvalue weighted by Gasteiger charge is -2.39. The van der Waals surface area contributed by atoms with Crippen LogP contribution in [0.4, 0.5) is 0 Å². The molecule has 0 aliphatic carbocycles. The highest BCUT2D eigenvalue weighted by Crippen LogP contribution is 2.17. The van der Waals surface area contributed by atoms with Crippen LogP contribution in [-0.4, -0.2) is 55.7 Å². The summed E-state index contributed by atoms with van der Waals surface area (Å²) < 4.78 is 5.30. The lowest BCUT2D eigenvalue weighted by Crippen LogP contribution is -2.50. The Balaban J connectivity index is 1.83. The molecular formula is C17H29N3O. The summed E-state index contributed by atoms with van der Waals surface area (Å²) in [6, 6.07) is 9.04. The number of hydrogen-bond donors (Lipinski definition) is 1. The van der Waals surface area contributed by atoms with Crippen LogP contribution in [0.5, 0.6) is 5.75 Å². The summed E-state index contributed by atoms with van der Waals surface area (Å²) >= 11 is 0. The van der Waals surface area contributed by atoms with Crippen LogP contribution < -0.4 is 10.5 Å². The number of hydrogen-bond acceptors (Lipinski definition) is 4. The van der Waals surface area contributed by atoms with Gasteiger partial charge in [0.05, 0.1) is 7.11 Å². The molecule has 1 fully saturated rings. The zero-order valence-electron chi connectivity index (χ0n) is 13.4. The van der Waals surface area contributed by atoms with Crippen LogP contribution in [0.25, 0.3) is 0 Å². The van der Waals surface area contributed by atoms with E-state index in [0.29, 0.717) is 6.04 Å². The van der Waals surface area contributed by atoms with Crippen LogP contribution in [0.2, 0.25) is 0 Å². The van der Waals surface area contributed by atoms with E-state index in [1.807, 2.05) is 6.07 Å². The van der Waals surface area contributed by atoms with E-state index in [2.05, 4.69) is 34.9 Å². The summed E-state index contributed by atoms with van der Waals surface area (Å²) in [4.78, 5) is 5.13. The largest absolute Gasteiger partial charge is 0.497 e. The number of methoxy groups -OCH3 is 1. The van der Waals surface area contributed by atoms with Gasteiger partial charge in [-0.15, -0.1) is 0 Å². The van der Waals surface area contributed by atoms with E-state index < -0.39 is 0 Å². The fraction of sp³-hybridized carbons (Fsp3) is 0.647. The van der Waals surface area contributed by atoms with Crippen molar-refractivity contribution in [1.29, 1.82) is 0 Å². The van der Waals surface area contributed by atoms with Crippen molar-refractivity contribution in [1.82, 2.24) is 9.80 Å². The Labute approximate surface area is 128 Å². The van der Waals surface area contributed by atoms with Gasteiger partial charge < -0.3 is 10.5 Å². The molecule has 1 aliphatic rings. The quantitative estimate of drug-likeness (QED) is 0.833. The van der Waals surface area contributed by atoms with Crippen molar-refractivity contribution in [3.8, 4) is 5.75 Å². The summed E-state index contributed by atoms with van der Waals surface area (Å²) in [6.45, 7) is 8.66. The molecule has 0 bridgehead atoms. The van der Waals surface area contributed by atoms with Crippen molar-refractivity contribution in [3.63, 3.8) is 0 Å². The molecule has 2 N–H and O–H groups in total. The zero-order valence-corrected chi connectivity index (χ0v) is 13.4. The molecule has 21 heavy (non-hydrogen) atoms. The van der Waals surface area contributed by atoms with Gasteiger partial charge in [0.2, 0.25) is 0 Å². The molecule has 1 unspecified atom stereocenters. The van der Waals surface area contributed by atoms with Gasteiger partial charge in [-0.25, -0.2) is 0 Å². The second-order valence-electron chi connectivity index (χ2n) is 5.80. The first-order valence-electron chi connectivity index (χ1n) is 8.06. The van der Waals surface area contributed by atoms with Gasteiger partial charge in [0.15, 0.2) is 0 Å². The maximum atomic E-state index is 5.72. The third kappa shape index (κ3) is 4.70. The smallest absolute Gasteiger partial charge is 0.119 e. The molecular weight excluding hydrogens is 262 g/mol. The summed E-state index contributed by atoms with van der Waals surface area (Å²) in [6.07, 6.45) is 2.32. The van der Waals surface area contributed by atoms with Gasteiger partial charge in [-0.05, 0) is 37.1 Å². The fourth-order valence-corrected chi connectivity index (χ4v) is 3.15. The molecule has 1 heterocycles. The van der Waals surface area contributed by atoms with Crippen LogP contribution in [0.1, 0.15) is 25.3 Å². The molecule has 0 radical (unpaired) electrons. The Morgan fingerprint density at radius 1 is 1.24 bits per heavy atom. The van der Waals surface area contributed by atoms with Gasteiger partial charge >= 0.3 is 0 Å². The molecule has 1 aliphatic heterocycles. The SMILES string of the molecule is CCC(CCN)N1CCN(Cc2cccc(OC)c2)CC1. The van der Waals surface area contributed by atoms with Crippen molar-refractivity contribution in [3.05, 3.63) is 29.8 Å². The number of ether oxygens (including phenoxy) is 1. The number of nitrogens with zero attached hydrogens (tertiary/aromatic N) is 2. The third-order valence-corrected chi connectivity index (χ3v) is 4.43. The molecule has 1 saturated heterocycles. The molecule has 0 aromatic heterocycles. The average Bonchev–Trinajstić information content (AvgIpc) is 2.54. The Bertz CT molecular complexity index is 416. The molecule has 2 rings (SSSR count). The standard InChI is InChI=1S/C17H29N3O/c1-3-16(7-8-18)20-11-9-19(10-12-20)14-15-5-4-6-17(13-15)21-2/h4-6,13,16H,3,7-12,14,18H2,1-2H3. The van der Waals surface area contributed by atoms with Crippen molar-refractivity contribution < 1.29 is 4.74 Å². The van der Waals surface area contributed by atoms with Gasteiger partial charge in [0, 0.05) is 38.8 Å². The summed E-state index contributed by atoms with van der Waals surface area (Å²) in [5, 5.41) is 0. The highest BCUT2D eigenvalue weighted by molar-refractivity contribution is 5.28. The maximum absolute atomic E-state index is 5.72. The van der Waals surface area contributed by atoms with Gasteiger partial charge in [-0.1, -0.05) is 19.1 Å². The van der Waals surface area contributed by atoms with Crippen molar-refractivity contribution in [2.24, 2.45) is 5.73 Å². The Kier molecular flexibility index (Phi) is 6.49. The zero-order chi connectivity index (χ0) is 15.1. The molecule has 118 valence electrons. The van der Waals surface area contributed by atoms with Gasteiger partial charge in [0.25, 0.3) is 0 Å². The van der Waals surface area contributed by atoms with E-state index in [-0.39, 0.29) is 0 Å². The summed E-state index contributed by atoms with van der Waals surface area (Å²) in [5.41, 5.74) is 7.05. The van der Waals surface area contributed by atoms with E-state index in [9.17, 15) is 0 Å². The molecule has 1 aromatic carbocycles. The number of benzene rings is 1. The minimum Gasteiger partial charge on any atom is -0.497 e. The van der Waals surface area contributed by atoms with E-state index in [4.69, 9.17) is 10.5 Å². The topological polar surface area (TPSA) is 41.7 Å². The van der Waals surface area contributed by atoms with Gasteiger partial charge in [-0.2, -0.15) is 0 Å². The van der Waals surface area contributed by atoms with E-state index in [0.717, 1.165) is 51.4 Å². The van der Waals surface area contributed by atoms with E-state index >= 15 is 0 Å². The van der Waals surface area contributed by atoms with E-state index in [1.54, 1.807) is 7.11 Å². The van der Waals surface area contributed by atoms with Crippen molar-refractivity contribution >= 4 is 0 Å².